The molecule has 0 amide bonds. The molecule has 0 saturated carbocycles. The third-order valence-corrected chi connectivity index (χ3v) is 3.59. The van der Waals surface area contributed by atoms with E-state index in [2.05, 4.69) is 0 Å². The number of benzene rings is 2. The summed E-state index contributed by atoms with van der Waals surface area (Å²) >= 11 is 0. The molecule has 0 spiro atoms. The van der Waals surface area contributed by atoms with Gasteiger partial charge < -0.3 is 25.5 Å². The topological polar surface area (TPSA) is 135 Å². The number of aliphatic hydroxyl groups is 1. The normalized spacial score (nSPS) is 13.5. The molecule has 5 N–H and O–H groups in total. The molecule has 2 aromatic carbocycles. The molecule has 1 unspecified atom stereocenters. The zero-order valence-corrected chi connectivity index (χ0v) is 13.0. The zero-order chi connectivity index (χ0) is 18.6. The fraction of sp³-hybridized carbons (Fsp3) is 0.111. The quantitative estimate of drug-likeness (QED) is 0.398. The molecule has 0 bridgehead atoms. The summed E-state index contributed by atoms with van der Waals surface area (Å²) in [5.41, 5.74) is -2.18. The average molecular weight is 344 g/mol. The second kappa shape index (κ2) is 7.06. The van der Waals surface area contributed by atoms with Crippen LogP contribution in [0.1, 0.15) is 17.5 Å². The molecule has 2 aromatic rings. The maximum atomic E-state index is 12.1. The number of carboxylic acid groups (broad SMARTS) is 1. The first-order chi connectivity index (χ1) is 11.7. The number of carboxylic acids is 1. The van der Waals surface area contributed by atoms with Crippen molar-refractivity contribution < 1.29 is 35.1 Å². The third kappa shape index (κ3) is 4.15. The SMILES string of the molecule is O=C(/C=C/c1ccc(O)cc1)CC(O)(C(=O)O)c1ccc(O)c(O)c1. The number of rotatable bonds is 6. The fourth-order valence-corrected chi connectivity index (χ4v) is 2.17. The van der Waals surface area contributed by atoms with Crippen LogP contribution < -0.4 is 0 Å². The number of ketones is 1. The van der Waals surface area contributed by atoms with Gasteiger partial charge >= 0.3 is 5.97 Å². The number of phenolic OH excluding ortho intramolecular Hbond substituents is 3. The van der Waals surface area contributed by atoms with Gasteiger partial charge in [-0.2, -0.15) is 0 Å². The standard InChI is InChI=1S/C18H16O7/c19-13-5-1-11(2-6-13)3-7-14(20)10-18(25,17(23)24)12-4-8-15(21)16(22)9-12/h1-9,19,21-22,25H,10H2,(H,23,24)/b7-3+. The molecule has 0 radical (unpaired) electrons. The van der Waals surface area contributed by atoms with Crippen LogP contribution in [0.25, 0.3) is 6.08 Å². The molecule has 0 aliphatic rings. The summed E-state index contributed by atoms with van der Waals surface area (Å²) in [7, 11) is 0. The van der Waals surface area contributed by atoms with Gasteiger partial charge in [0.05, 0.1) is 6.42 Å². The van der Waals surface area contributed by atoms with Crippen LogP contribution in [0.4, 0.5) is 0 Å². The summed E-state index contributed by atoms with van der Waals surface area (Å²) in [5.74, 6) is -3.34. The highest BCUT2D eigenvalue weighted by molar-refractivity contribution is 5.97. The van der Waals surface area contributed by atoms with Gasteiger partial charge in [-0.15, -0.1) is 0 Å². The number of carbonyl (C=O) groups is 2. The Morgan fingerprint density at radius 2 is 1.60 bits per heavy atom. The number of aromatic hydroxyl groups is 3. The molecule has 2 rings (SSSR count). The van der Waals surface area contributed by atoms with Crippen LogP contribution in [0.15, 0.2) is 48.5 Å². The minimum Gasteiger partial charge on any atom is -0.508 e. The first-order valence-electron chi connectivity index (χ1n) is 7.20. The first kappa shape index (κ1) is 18.0. The van der Waals surface area contributed by atoms with Gasteiger partial charge in [0.1, 0.15) is 5.75 Å². The van der Waals surface area contributed by atoms with E-state index in [0.717, 1.165) is 24.3 Å². The van der Waals surface area contributed by atoms with E-state index in [1.807, 2.05) is 0 Å². The summed E-state index contributed by atoms with van der Waals surface area (Å²) in [5, 5.41) is 47.7. The van der Waals surface area contributed by atoms with Gasteiger partial charge in [0.25, 0.3) is 0 Å². The molecule has 7 nitrogen and oxygen atoms in total. The lowest BCUT2D eigenvalue weighted by atomic mass is 9.88. The highest BCUT2D eigenvalue weighted by atomic mass is 16.4. The van der Waals surface area contributed by atoms with E-state index in [-0.39, 0.29) is 11.3 Å². The van der Waals surface area contributed by atoms with Gasteiger partial charge in [-0.05, 0) is 41.5 Å². The van der Waals surface area contributed by atoms with Crippen LogP contribution in [0.2, 0.25) is 0 Å². The van der Waals surface area contributed by atoms with Gasteiger partial charge in [-0.25, -0.2) is 4.79 Å². The van der Waals surface area contributed by atoms with Crippen molar-refractivity contribution in [3.63, 3.8) is 0 Å². The van der Waals surface area contributed by atoms with Crippen LogP contribution in [0, 0.1) is 0 Å². The van der Waals surface area contributed by atoms with Crippen molar-refractivity contribution in [3.8, 4) is 17.2 Å². The number of hydrogen-bond acceptors (Lipinski definition) is 6. The Morgan fingerprint density at radius 1 is 0.960 bits per heavy atom. The maximum Gasteiger partial charge on any atom is 0.340 e. The lowest BCUT2D eigenvalue weighted by Gasteiger charge is -2.23. The van der Waals surface area contributed by atoms with Gasteiger partial charge in [-0.3, -0.25) is 4.79 Å². The highest BCUT2D eigenvalue weighted by Gasteiger charge is 2.40. The van der Waals surface area contributed by atoms with Gasteiger partial charge in [-0.1, -0.05) is 24.3 Å². The van der Waals surface area contributed by atoms with Gasteiger partial charge in [0, 0.05) is 0 Å². The molecule has 0 aromatic heterocycles. The molecular weight excluding hydrogens is 328 g/mol. The monoisotopic (exact) mass is 344 g/mol. The molecule has 0 fully saturated rings. The zero-order valence-electron chi connectivity index (χ0n) is 13.0. The number of carbonyl (C=O) groups excluding carboxylic acids is 1. The molecule has 25 heavy (non-hydrogen) atoms. The number of phenols is 3. The lowest BCUT2D eigenvalue weighted by molar-refractivity contribution is -0.162. The molecular formula is C18H16O7. The van der Waals surface area contributed by atoms with Crippen molar-refractivity contribution in [2.75, 3.05) is 0 Å². The highest BCUT2D eigenvalue weighted by Crippen LogP contribution is 2.33. The van der Waals surface area contributed by atoms with E-state index in [1.54, 1.807) is 12.1 Å². The summed E-state index contributed by atoms with van der Waals surface area (Å²) in [6, 6.07) is 8.99. The average Bonchev–Trinajstić information content (AvgIpc) is 2.56. The van der Waals surface area contributed by atoms with Crippen molar-refractivity contribution in [3.05, 3.63) is 59.7 Å². The Balaban J connectivity index is 2.22. The smallest absolute Gasteiger partial charge is 0.340 e. The Kier molecular flexibility index (Phi) is 5.09. The maximum absolute atomic E-state index is 12.1. The summed E-state index contributed by atoms with van der Waals surface area (Å²) in [4.78, 5) is 23.5. The molecule has 0 heterocycles. The van der Waals surface area contributed by atoms with Crippen molar-refractivity contribution in [2.45, 2.75) is 12.0 Å². The predicted octanol–water partition coefficient (Wildman–Crippen LogP) is 1.75. The van der Waals surface area contributed by atoms with E-state index in [1.165, 1.54) is 18.2 Å². The van der Waals surface area contributed by atoms with Crippen molar-refractivity contribution in [1.82, 2.24) is 0 Å². The molecule has 0 saturated heterocycles. The second-order valence-corrected chi connectivity index (χ2v) is 5.44. The minimum atomic E-state index is -2.55. The largest absolute Gasteiger partial charge is 0.508 e. The van der Waals surface area contributed by atoms with Crippen LogP contribution in [-0.2, 0) is 15.2 Å². The van der Waals surface area contributed by atoms with Crippen molar-refractivity contribution in [1.29, 1.82) is 0 Å². The summed E-state index contributed by atoms with van der Waals surface area (Å²) < 4.78 is 0. The molecule has 0 aliphatic heterocycles. The lowest BCUT2D eigenvalue weighted by Crippen LogP contribution is -2.37. The molecule has 1 atom stereocenters. The van der Waals surface area contributed by atoms with Crippen LogP contribution in [0.5, 0.6) is 17.2 Å². The van der Waals surface area contributed by atoms with Crippen molar-refractivity contribution in [2.24, 2.45) is 0 Å². The minimum absolute atomic E-state index is 0.0656. The Morgan fingerprint density at radius 3 is 2.16 bits per heavy atom. The van der Waals surface area contributed by atoms with E-state index in [0.29, 0.717) is 5.56 Å². The van der Waals surface area contributed by atoms with E-state index >= 15 is 0 Å². The van der Waals surface area contributed by atoms with Crippen LogP contribution in [-0.4, -0.2) is 37.3 Å². The number of hydrogen-bond donors (Lipinski definition) is 5. The second-order valence-electron chi connectivity index (χ2n) is 5.44. The van der Waals surface area contributed by atoms with Crippen LogP contribution >= 0.6 is 0 Å². The van der Waals surface area contributed by atoms with E-state index < -0.39 is 35.3 Å². The van der Waals surface area contributed by atoms with Crippen molar-refractivity contribution >= 4 is 17.8 Å². The fourth-order valence-electron chi connectivity index (χ4n) is 2.17. The first-order valence-corrected chi connectivity index (χ1v) is 7.20. The Bertz CT molecular complexity index is 824. The molecule has 7 heteroatoms. The molecule has 0 aliphatic carbocycles. The predicted molar refractivity (Wildman–Crippen MR) is 88.1 cm³/mol. The summed E-state index contributed by atoms with van der Waals surface area (Å²) in [6.07, 6.45) is 1.76. The van der Waals surface area contributed by atoms with E-state index in [4.69, 9.17) is 0 Å². The van der Waals surface area contributed by atoms with Gasteiger partial charge in [0.2, 0.25) is 0 Å². The number of allylic oxidation sites excluding steroid dienone is 1. The Labute approximate surface area is 142 Å². The van der Waals surface area contributed by atoms with E-state index in [9.17, 15) is 35.1 Å². The summed E-state index contributed by atoms with van der Waals surface area (Å²) in [6.45, 7) is 0. The van der Waals surface area contributed by atoms with Crippen LogP contribution in [0.3, 0.4) is 0 Å². The van der Waals surface area contributed by atoms with Gasteiger partial charge in [0.15, 0.2) is 22.9 Å². The third-order valence-electron chi connectivity index (χ3n) is 3.59. The number of aliphatic carboxylic acids is 1. The Hall–Kier alpha value is -3.32. The molecule has 130 valence electrons.